The second-order valence-electron chi connectivity index (χ2n) is 3.60. The summed E-state index contributed by atoms with van der Waals surface area (Å²) in [5.74, 6) is -0.313. The summed E-state index contributed by atoms with van der Waals surface area (Å²) in [5.41, 5.74) is 7.05. The summed E-state index contributed by atoms with van der Waals surface area (Å²) in [6, 6.07) is 4.68. The third-order valence-corrected chi connectivity index (χ3v) is 3.28. The molecule has 5 nitrogen and oxygen atoms in total. The van der Waals surface area contributed by atoms with Gasteiger partial charge in [0, 0.05) is 16.8 Å². The number of nitrogens with one attached hydrogen (secondary N) is 2. The molecular formula is C11H10ClN3O2S. The zero-order chi connectivity index (χ0) is 13.1. The van der Waals surface area contributed by atoms with Crippen LogP contribution in [0.5, 0.6) is 0 Å². The molecule has 1 heterocycles. The molecule has 0 aliphatic heterocycles. The highest BCUT2D eigenvalue weighted by Gasteiger charge is 2.10. The van der Waals surface area contributed by atoms with Gasteiger partial charge in [-0.05, 0) is 18.2 Å². The Morgan fingerprint density at radius 1 is 1.50 bits per heavy atom. The van der Waals surface area contributed by atoms with Crippen molar-refractivity contribution in [2.24, 2.45) is 0 Å². The number of nitrogen functional groups attached to an aromatic ring is 1. The lowest BCUT2D eigenvalue weighted by Crippen LogP contribution is -2.23. The number of hydrogen-bond donors (Lipinski definition) is 3. The SMILES string of the molecule is Nc1ccc(C(=O)NCc2csc(=O)[nH]2)c(Cl)c1. The van der Waals surface area contributed by atoms with Crippen LogP contribution in [0.3, 0.4) is 0 Å². The Kier molecular flexibility index (Phi) is 3.69. The number of benzene rings is 1. The molecule has 0 spiro atoms. The zero-order valence-corrected chi connectivity index (χ0v) is 10.8. The summed E-state index contributed by atoms with van der Waals surface area (Å²) in [7, 11) is 0. The highest BCUT2D eigenvalue weighted by Crippen LogP contribution is 2.18. The molecule has 0 bridgehead atoms. The van der Waals surface area contributed by atoms with Crippen molar-refractivity contribution in [2.45, 2.75) is 6.54 Å². The van der Waals surface area contributed by atoms with Crippen molar-refractivity contribution in [3.8, 4) is 0 Å². The van der Waals surface area contributed by atoms with Crippen LogP contribution in [0.25, 0.3) is 0 Å². The largest absolute Gasteiger partial charge is 0.399 e. The summed E-state index contributed by atoms with van der Waals surface area (Å²) in [5, 5.41) is 4.62. The number of anilines is 1. The molecule has 0 unspecified atom stereocenters. The number of halogens is 1. The third kappa shape index (κ3) is 2.91. The molecule has 0 saturated heterocycles. The van der Waals surface area contributed by atoms with Gasteiger partial charge in [-0.1, -0.05) is 22.9 Å². The Balaban J connectivity index is 2.06. The van der Waals surface area contributed by atoms with Gasteiger partial charge in [0.15, 0.2) is 0 Å². The van der Waals surface area contributed by atoms with E-state index in [1.807, 2.05) is 0 Å². The molecular weight excluding hydrogens is 274 g/mol. The molecule has 1 aromatic carbocycles. The van der Waals surface area contributed by atoms with Crippen LogP contribution in [-0.4, -0.2) is 10.9 Å². The molecule has 0 atom stereocenters. The molecule has 0 aliphatic carbocycles. The molecule has 4 N–H and O–H groups in total. The van der Waals surface area contributed by atoms with E-state index in [2.05, 4.69) is 10.3 Å². The fraction of sp³-hybridized carbons (Fsp3) is 0.0909. The van der Waals surface area contributed by atoms with Crippen LogP contribution < -0.4 is 15.9 Å². The fourth-order valence-electron chi connectivity index (χ4n) is 1.39. The minimum absolute atomic E-state index is 0.148. The highest BCUT2D eigenvalue weighted by molar-refractivity contribution is 7.07. The lowest BCUT2D eigenvalue weighted by Gasteiger charge is -2.06. The Morgan fingerprint density at radius 2 is 2.28 bits per heavy atom. The van der Waals surface area contributed by atoms with Crippen LogP contribution in [0.4, 0.5) is 5.69 Å². The summed E-state index contributed by atoms with van der Waals surface area (Å²) in [6.07, 6.45) is 0. The number of thiazole rings is 1. The normalized spacial score (nSPS) is 10.3. The Bertz CT molecular complexity index is 635. The lowest BCUT2D eigenvalue weighted by atomic mass is 10.2. The maximum Gasteiger partial charge on any atom is 0.304 e. The van der Waals surface area contributed by atoms with Gasteiger partial charge in [-0.3, -0.25) is 9.59 Å². The van der Waals surface area contributed by atoms with Gasteiger partial charge in [0.25, 0.3) is 5.91 Å². The minimum Gasteiger partial charge on any atom is -0.399 e. The molecule has 1 aromatic heterocycles. The van der Waals surface area contributed by atoms with Gasteiger partial charge >= 0.3 is 4.87 Å². The topological polar surface area (TPSA) is 88.0 Å². The van der Waals surface area contributed by atoms with E-state index in [-0.39, 0.29) is 17.3 Å². The predicted octanol–water partition coefficient (Wildman–Crippen LogP) is 1.60. The third-order valence-electron chi connectivity index (χ3n) is 2.25. The van der Waals surface area contributed by atoms with Gasteiger partial charge in [-0.25, -0.2) is 0 Å². The maximum absolute atomic E-state index is 11.8. The molecule has 0 radical (unpaired) electrons. The monoisotopic (exact) mass is 283 g/mol. The van der Waals surface area contributed by atoms with Gasteiger partial charge < -0.3 is 16.0 Å². The molecule has 1 amide bonds. The van der Waals surface area contributed by atoms with Crippen molar-refractivity contribution < 1.29 is 4.79 Å². The zero-order valence-electron chi connectivity index (χ0n) is 9.20. The van der Waals surface area contributed by atoms with Crippen LogP contribution in [0.2, 0.25) is 5.02 Å². The lowest BCUT2D eigenvalue weighted by molar-refractivity contribution is 0.0950. The van der Waals surface area contributed by atoms with E-state index in [9.17, 15) is 9.59 Å². The van der Waals surface area contributed by atoms with Crippen molar-refractivity contribution in [1.29, 1.82) is 0 Å². The second kappa shape index (κ2) is 5.24. The summed E-state index contributed by atoms with van der Waals surface area (Å²) >= 11 is 6.97. The van der Waals surface area contributed by atoms with Gasteiger partial charge in [0.05, 0.1) is 17.1 Å². The van der Waals surface area contributed by atoms with Crippen molar-refractivity contribution in [2.75, 3.05) is 5.73 Å². The fourth-order valence-corrected chi connectivity index (χ4v) is 2.24. The molecule has 18 heavy (non-hydrogen) atoms. The molecule has 0 saturated carbocycles. The first-order valence-corrected chi connectivity index (χ1v) is 6.32. The average Bonchev–Trinajstić information content (AvgIpc) is 2.72. The van der Waals surface area contributed by atoms with E-state index < -0.39 is 0 Å². The van der Waals surface area contributed by atoms with Crippen LogP contribution in [0.1, 0.15) is 16.1 Å². The van der Waals surface area contributed by atoms with Crippen LogP contribution >= 0.6 is 22.9 Å². The van der Waals surface area contributed by atoms with Crippen molar-refractivity contribution in [3.05, 3.63) is 49.5 Å². The number of amides is 1. The van der Waals surface area contributed by atoms with Crippen LogP contribution in [0, 0.1) is 0 Å². The van der Waals surface area contributed by atoms with Gasteiger partial charge in [-0.15, -0.1) is 0 Å². The van der Waals surface area contributed by atoms with E-state index in [0.717, 1.165) is 11.3 Å². The smallest absolute Gasteiger partial charge is 0.304 e. The van der Waals surface area contributed by atoms with Crippen LogP contribution in [0.15, 0.2) is 28.4 Å². The summed E-state index contributed by atoms with van der Waals surface area (Å²) < 4.78 is 0. The van der Waals surface area contributed by atoms with E-state index in [1.165, 1.54) is 6.07 Å². The number of aromatic nitrogens is 1. The van der Waals surface area contributed by atoms with E-state index in [1.54, 1.807) is 17.5 Å². The van der Waals surface area contributed by atoms with E-state index >= 15 is 0 Å². The Hall–Kier alpha value is -1.79. The van der Waals surface area contributed by atoms with E-state index in [0.29, 0.717) is 22.0 Å². The van der Waals surface area contributed by atoms with Crippen molar-refractivity contribution in [1.82, 2.24) is 10.3 Å². The number of aromatic amines is 1. The minimum atomic E-state index is -0.313. The maximum atomic E-state index is 11.8. The highest BCUT2D eigenvalue weighted by atomic mass is 35.5. The number of carbonyl (C=O) groups excluding carboxylic acids is 1. The standard InChI is InChI=1S/C11H10ClN3O2S/c12-9-3-6(13)1-2-8(9)10(16)14-4-7-5-18-11(17)15-7/h1-3,5H,4,13H2,(H,14,16)(H,15,17). The van der Waals surface area contributed by atoms with Crippen molar-refractivity contribution >= 4 is 34.5 Å². The molecule has 2 aromatic rings. The quantitative estimate of drug-likeness (QED) is 0.748. The van der Waals surface area contributed by atoms with Crippen LogP contribution in [-0.2, 0) is 6.54 Å². The molecule has 0 aliphatic rings. The Morgan fingerprint density at radius 3 is 2.89 bits per heavy atom. The first-order valence-electron chi connectivity index (χ1n) is 5.06. The second-order valence-corrected chi connectivity index (χ2v) is 4.84. The number of nitrogens with two attached hydrogens (primary N) is 1. The number of H-pyrrole nitrogens is 1. The summed E-state index contributed by atoms with van der Waals surface area (Å²) in [6.45, 7) is 0.248. The molecule has 0 fully saturated rings. The summed E-state index contributed by atoms with van der Waals surface area (Å²) in [4.78, 5) is 25.2. The van der Waals surface area contributed by atoms with E-state index in [4.69, 9.17) is 17.3 Å². The molecule has 94 valence electrons. The number of rotatable bonds is 3. The average molecular weight is 284 g/mol. The Labute approximate surface area is 112 Å². The first-order chi connectivity index (χ1) is 8.56. The number of hydrogen-bond acceptors (Lipinski definition) is 4. The van der Waals surface area contributed by atoms with Gasteiger partial charge in [-0.2, -0.15) is 0 Å². The van der Waals surface area contributed by atoms with Gasteiger partial charge in [0.2, 0.25) is 0 Å². The molecule has 2 rings (SSSR count). The van der Waals surface area contributed by atoms with Crippen molar-refractivity contribution in [3.63, 3.8) is 0 Å². The number of carbonyl (C=O) groups is 1. The van der Waals surface area contributed by atoms with Gasteiger partial charge in [0.1, 0.15) is 0 Å². The first kappa shape index (κ1) is 12.7. The predicted molar refractivity (Wildman–Crippen MR) is 72.0 cm³/mol. The molecule has 7 heteroatoms.